The van der Waals surface area contributed by atoms with E-state index in [1.807, 2.05) is 0 Å². The second kappa shape index (κ2) is 14.3. The molecule has 3 atom stereocenters. The van der Waals surface area contributed by atoms with Gasteiger partial charge in [-0.3, -0.25) is 24.0 Å². The fourth-order valence-corrected chi connectivity index (χ4v) is 3.95. The lowest BCUT2D eigenvalue weighted by Gasteiger charge is -2.42. The number of carboxylic acids is 1. The number of phosphoric ester groups is 1. The van der Waals surface area contributed by atoms with E-state index < -0.39 is 37.5 Å². The topological polar surface area (TPSA) is 168 Å². The summed E-state index contributed by atoms with van der Waals surface area (Å²) in [6.45, 7) is 0.447. The smallest absolute Gasteiger partial charge is 0.472 e. The Morgan fingerprint density at radius 3 is 2.09 bits per heavy atom. The van der Waals surface area contributed by atoms with Crippen LogP contribution >= 0.6 is 7.82 Å². The molecule has 13 heteroatoms. The molecule has 12 nitrogen and oxygen atoms in total. The minimum absolute atomic E-state index is 0.0132. The maximum Gasteiger partial charge on any atom is 0.472 e. The lowest BCUT2D eigenvalue weighted by atomic mass is 10.1. The van der Waals surface area contributed by atoms with Gasteiger partial charge in [-0.05, 0) is 25.0 Å². The number of likely N-dealkylation sites (N-methyl/N-ethyl adjacent to an activating group) is 1. The summed E-state index contributed by atoms with van der Waals surface area (Å²) < 4.78 is 27.3. The molecule has 34 heavy (non-hydrogen) atoms. The van der Waals surface area contributed by atoms with Crippen LogP contribution in [-0.2, 0) is 18.4 Å². The first-order valence-electron chi connectivity index (χ1n) is 11.0. The molecule has 0 aliphatic carbocycles. The SMILES string of the molecule is C[N+](C)(C)C([O-])[C@@H](CC(=O)O)OP(=O)(O)OCCCCCCCCOc1ccc([N+](=O)[O-])cc1. The molecule has 2 N–H and O–H groups in total. The Kier molecular flexibility index (Phi) is 12.6. The fraction of sp³-hybridized carbons (Fsp3) is 0.667. The molecule has 0 aliphatic heterocycles. The summed E-state index contributed by atoms with van der Waals surface area (Å²) in [5.41, 5.74) is 0.0132. The zero-order valence-electron chi connectivity index (χ0n) is 19.8. The maximum absolute atomic E-state index is 12.4. The third-order valence-corrected chi connectivity index (χ3v) is 5.88. The predicted molar refractivity (Wildman–Crippen MR) is 121 cm³/mol. The van der Waals surface area contributed by atoms with Gasteiger partial charge >= 0.3 is 13.8 Å². The summed E-state index contributed by atoms with van der Waals surface area (Å²) in [5.74, 6) is -0.730. The summed E-state index contributed by atoms with van der Waals surface area (Å²) in [6.07, 6.45) is 1.01. The summed E-state index contributed by atoms with van der Waals surface area (Å²) in [6, 6.07) is 5.90. The van der Waals surface area contributed by atoms with Gasteiger partial charge in [0, 0.05) is 18.4 Å². The van der Waals surface area contributed by atoms with Crippen molar-refractivity contribution in [1.82, 2.24) is 0 Å². The van der Waals surface area contributed by atoms with E-state index in [2.05, 4.69) is 0 Å². The molecular weight excluding hydrogens is 471 g/mol. The quantitative estimate of drug-likeness (QED) is 0.0754. The Balaban J connectivity index is 2.19. The highest BCUT2D eigenvalue weighted by Crippen LogP contribution is 2.45. The molecular formula is C21H35N2O10P. The van der Waals surface area contributed by atoms with Crippen LogP contribution in [-0.4, -0.2) is 72.1 Å². The third-order valence-electron chi connectivity index (χ3n) is 4.84. The van der Waals surface area contributed by atoms with Gasteiger partial charge in [0.25, 0.3) is 5.69 Å². The first kappa shape index (κ1) is 30.0. The number of nitro benzene ring substituents is 1. The Morgan fingerprint density at radius 2 is 1.59 bits per heavy atom. The van der Waals surface area contributed by atoms with Crippen LogP contribution in [0.1, 0.15) is 44.9 Å². The zero-order valence-corrected chi connectivity index (χ0v) is 20.7. The van der Waals surface area contributed by atoms with Gasteiger partial charge < -0.3 is 24.3 Å². The molecule has 0 saturated carbocycles. The number of unbranched alkanes of at least 4 members (excludes halogenated alkanes) is 5. The second-order valence-corrected chi connectivity index (χ2v) is 10.2. The fourth-order valence-electron chi connectivity index (χ4n) is 3.01. The van der Waals surface area contributed by atoms with E-state index in [0.29, 0.717) is 18.8 Å². The molecule has 0 saturated heterocycles. The number of hydrogen-bond acceptors (Lipinski definition) is 8. The number of aliphatic carboxylic acids is 1. The van der Waals surface area contributed by atoms with Gasteiger partial charge in [-0.1, -0.05) is 25.7 Å². The van der Waals surface area contributed by atoms with Crippen LogP contribution in [0.5, 0.6) is 5.75 Å². The van der Waals surface area contributed by atoms with Crippen molar-refractivity contribution in [3.8, 4) is 5.75 Å². The van der Waals surface area contributed by atoms with E-state index in [0.717, 1.165) is 32.1 Å². The molecule has 0 bridgehead atoms. The highest BCUT2D eigenvalue weighted by molar-refractivity contribution is 7.47. The number of rotatable bonds is 18. The monoisotopic (exact) mass is 506 g/mol. The van der Waals surface area contributed by atoms with E-state index in [1.54, 1.807) is 33.3 Å². The van der Waals surface area contributed by atoms with Crippen molar-refractivity contribution >= 4 is 19.5 Å². The average molecular weight is 506 g/mol. The van der Waals surface area contributed by atoms with Gasteiger partial charge in [0.15, 0.2) is 0 Å². The first-order valence-corrected chi connectivity index (χ1v) is 12.5. The summed E-state index contributed by atoms with van der Waals surface area (Å²) >= 11 is 0. The van der Waals surface area contributed by atoms with Crippen LogP contribution in [0.4, 0.5) is 5.69 Å². The van der Waals surface area contributed by atoms with Crippen molar-refractivity contribution < 1.29 is 47.7 Å². The van der Waals surface area contributed by atoms with E-state index in [1.165, 1.54) is 12.1 Å². The van der Waals surface area contributed by atoms with Gasteiger partial charge in [-0.15, -0.1) is 0 Å². The van der Waals surface area contributed by atoms with Crippen molar-refractivity contribution in [3.63, 3.8) is 0 Å². The Bertz CT molecular complexity index is 813. The van der Waals surface area contributed by atoms with Crippen molar-refractivity contribution in [1.29, 1.82) is 0 Å². The number of quaternary nitrogens is 1. The minimum atomic E-state index is -4.56. The second-order valence-electron chi connectivity index (χ2n) is 8.77. The molecule has 0 aliphatic rings. The number of hydrogen-bond donors (Lipinski definition) is 2. The highest BCUT2D eigenvalue weighted by Gasteiger charge is 2.34. The Labute approximate surface area is 199 Å². The summed E-state index contributed by atoms with van der Waals surface area (Å²) in [4.78, 5) is 31.0. The molecule has 0 spiro atoms. The normalized spacial score (nSPS) is 15.3. The molecule has 1 aromatic carbocycles. The molecule has 0 aromatic heterocycles. The van der Waals surface area contributed by atoms with Crippen molar-refractivity contribution in [2.45, 2.75) is 57.3 Å². The lowest BCUT2D eigenvalue weighted by molar-refractivity contribution is -0.973. The number of phosphoric acid groups is 1. The number of ether oxygens (including phenoxy) is 1. The summed E-state index contributed by atoms with van der Waals surface area (Å²) in [5, 5.41) is 31.9. The van der Waals surface area contributed by atoms with Gasteiger partial charge in [-0.2, -0.15) is 0 Å². The molecule has 1 aromatic rings. The third kappa shape index (κ3) is 12.4. The van der Waals surface area contributed by atoms with E-state index in [4.69, 9.17) is 18.9 Å². The molecule has 0 heterocycles. The molecule has 1 rings (SSSR count). The van der Waals surface area contributed by atoms with Crippen LogP contribution in [0.3, 0.4) is 0 Å². The predicted octanol–water partition coefficient (Wildman–Crippen LogP) is 2.68. The van der Waals surface area contributed by atoms with E-state index in [-0.39, 0.29) is 16.8 Å². The van der Waals surface area contributed by atoms with Gasteiger partial charge in [-0.25, -0.2) is 4.57 Å². The Morgan fingerprint density at radius 1 is 1.06 bits per heavy atom. The highest BCUT2D eigenvalue weighted by atomic mass is 31.2. The van der Waals surface area contributed by atoms with Crippen LogP contribution in [0.15, 0.2) is 24.3 Å². The summed E-state index contributed by atoms with van der Waals surface area (Å²) in [7, 11) is 0.0636. The first-order chi connectivity index (χ1) is 15.8. The lowest BCUT2D eigenvalue weighted by Crippen LogP contribution is -2.60. The van der Waals surface area contributed by atoms with Crippen LogP contribution in [0.2, 0.25) is 0 Å². The van der Waals surface area contributed by atoms with Gasteiger partial charge in [0.05, 0.1) is 45.7 Å². The van der Waals surface area contributed by atoms with Crippen LogP contribution in [0, 0.1) is 10.1 Å². The van der Waals surface area contributed by atoms with Crippen molar-refractivity contribution in [2.75, 3.05) is 34.4 Å². The van der Waals surface area contributed by atoms with Crippen molar-refractivity contribution in [3.05, 3.63) is 34.4 Å². The average Bonchev–Trinajstić information content (AvgIpc) is 2.73. The van der Waals surface area contributed by atoms with Crippen molar-refractivity contribution in [2.24, 2.45) is 0 Å². The van der Waals surface area contributed by atoms with E-state index >= 15 is 0 Å². The number of nitrogens with zero attached hydrogens (tertiary/aromatic N) is 2. The van der Waals surface area contributed by atoms with E-state index in [9.17, 15) is 29.5 Å². The molecule has 0 fully saturated rings. The number of carboxylic acid groups (broad SMARTS) is 1. The maximum atomic E-state index is 12.4. The zero-order chi connectivity index (χ0) is 25.8. The van der Waals surface area contributed by atoms with Crippen LogP contribution < -0.4 is 9.84 Å². The number of carbonyl (C=O) groups is 1. The van der Waals surface area contributed by atoms with Gasteiger partial charge in [0.2, 0.25) is 0 Å². The largest absolute Gasteiger partial charge is 0.804 e. The molecule has 0 radical (unpaired) electrons. The number of benzene rings is 1. The number of nitro groups is 1. The minimum Gasteiger partial charge on any atom is -0.804 e. The molecule has 194 valence electrons. The Hall–Kier alpha value is -2.08. The van der Waals surface area contributed by atoms with Gasteiger partial charge in [0.1, 0.15) is 11.9 Å². The molecule has 2 unspecified atom stereocenters. The number of non-ortho nitro benzene ring substituents is 1. The van der Waals surface area contributed by atoms with Crippen LogP contribution in [0.25, 0.3) is 0 Å². The molecule has 0 amide bonds. The standard InChI is InChI=1S/C21H35N2O10P/c1-23(2,3)21(26)19(16-20(24)25)33-34(29,30)32-15-9-7-5-4-6-8-14-31-18-12-10-17(11-13-18)22(27)28/h10-13,19,21H,4-9,14-16H2,1-3H3,(H,24,25)(H,29,30)/t19-,21?/m1/s1.